The third kappa shape index (κ3) is 4.26. The van der Waals surface area contributed by atoms with E-state index in [0.717, 1.165) is 6.42 Å². The Labute approximate surface area is 102 Å². The summed E-state index contributed by atoms with van der Waals surface area (Å²) in [5.74, 6) is 1.12. The van der Waals surface area contributed by atoms with E-state index in [2.05, 4.69) is 15.1 Å². The van der Waals surface area contributed by atoms with E-state index in [9.17, 15) is 0 Å². The molecule has 6 nitrogen and oxygen atoms in total. The molecule has 0 fully saturated rings. The summed E-state index contributed by atoms with van der Waals surface area (Å²) in [4.78, 5) is 12.3. The van der Waals surface area contributed by atoms with E-state index in [4.69, 9.17) is 4.52 Å². The Balaban J connectivity index is 2.98. The molecule has 0 saturated heterocycles. The lowest BCUT2D eigenvalue weighted by molar-refractivity contribution is 0.399. The summed E-state index contributed by atoms with van der Waals surface area (Å²) >= 11 is 0. The molecule has 17 heavy (non-hydrogen) atoms. The summed E-state index contributed by atoms with van der Waals surface area (Å²) in [7, 11) is 7.65. The fourth-order valence-electron chi connectivity index (χ4n) is 1.07. The monoisotopic (exact) mass is 237 g/mol. The highest BCUT2D eigenvalue weighted by atomic mass is 16.5. The average molecular weight is 237 g/mol. The molecule has 0 atom stereocenters. The van der Waals surface area contributed by atoms with Crippen LogP contribution in [0.4, 0.5) is 0 Å². The van der Waals surface area contributed by atoms with Gasteiger partial charge in [0.25, 0.3) is 5.89 Å². The molecule has 0 radical (unpaired) electrons. The largest absolute Gasteiger partial charge is 0.382 e. The molecule has 0 aliphatic heterocycles. The first-order valence-electron chi connectivity index (χ1n) is 5.44. The molecule has 1 aromatic rings. The number of aromatic nitrogens is 2. The Hall–Kier alpha value is -1.85. The van der Waals surface area contributed by atoms with E-state index < -0.39 is 0 Å². The third-order valence-electron chi connectivity index (χ3n) is 1.81. The zero-order chi connectivity index (χ0) is 12.8. The van der Waals surface area contributed by atoms with Crippen molar-refractivity contribution in [3.63, 3.8) is 0 Å². The zero-order valence-electron chi connectivity index (χ0n) is 11.0. The van der Waals surface area contributed by atoms with Gasteiger partial charge in [0.1, 0.15) is 5.70 Å². The van der Waals surface area contributed by atoms with Crippen molar-refractivity contribution in [3.05, 3.63) is 17.9 Å². The van der Waals surface area contributed by atoms with Gasteiger partial charge in [-0.25, -0.2) is 4.99 Å². The van der Waals surface area contributed by atoms with Crippen LogP contribution < -0.4 is 0 Å². The first-order valence-corrected chi connectivity index (χ1v) is 5.44. The van der Waals surface area contributed by atoms with Gasteiger partial charge in [0.05, 0.1) is 6.34 Å². The minimum atomic E-state index is 0.439. The average Bonchev–Trinajstić information content (AvgIpc) is 2.71. The molecular formula is C11H19N5O. The first-order chi connectivity index (χ1) is 8.02. The molecule has 94 valence electrons. The molecular weight excluding hydrogens is 218 g/mol. The van der Waals surface area contributed by atoms with Crippen LogP contribution in [-0.2, 0) is 6.42 Å². The van der Waals surface area contributed by atoms with Crippen LogP contribution >= 0.6 is 0 Å². The Bertz CT molecular complexity index is 406. The van der Waals surface area contributed by atoms with Crippen molar-refractivity contribution in [2.24, 2.45) is 4.99 Å². The van der Waals surface area contributed by atoms with E-state index in [1.54, 1.807) is 6.34 Å². The molecule has 1 rings (SSSR count). The molecule has 0 aliphatic carbocycles. The van der Waals surface area contributed by atoms with Gasteiger partial charge in [-0.1, -0.05) is 12.1 Å². The second kappa shape index (κ2) is 6.03. The van der Waals surface area contributed by atoms with Crippen LogP contribution in [0.1, 0.15) is 18.6 Å². The fraction of sp³-hybridized carbons (Fsp3) is 0.545. The lowest BCUT2D eigenvalue weighted by atomic mass is 10.4. The van der Waals surface area contributed by atoms with Gasteiger partial charge in [-0.3, -0.25) is 0 Å². The highest BCUT2D eigenvalue weighted by Gasteiger charge is 2.10. The second-order valence-electron chi connectivity index (χ2n) is 4.06. The summed E-state index contributed by atoms with van der Waals surface area (Å²) < 4.78 is 5.16. The summed E-state index contributed by atoms with van der Waals surface area (Å²) in [5, 5.41) is 3.86. The van der Waals surface area contributed by atoms with Crippen molar-refractivity contribution in [1.29, 1.82) is 0 Å². The fourth-order valence-corrected chi connectivity index (χ4v) is 1.07. The molecule has 0 amide bonds. The van der Waals surface area contributed by atoms with Gasteiger partial charge in [-0.2, -0.15) is 4.98 Å². The molecule has 0 saturated carbocycles. The van der Waals surface area contributed by atoms with E-state index in [0.29, 0.717) is 17.4 Å². The molecule has 0 N–H and O–H groups in total. The number of hydrogen-bond donors (Lipinski definition) is 0. The maximum Gasteiger partial charge on any atom is 0.278 e. The Morgan fingerprint density at radius 3 is 2.47 bits per heavy atom. The Morgan fingerprint density at radius 1 is 1.29 bits per heavy atom. The predicted octanol–water partition coefficient (Wildman–Crippen LogP) is 1.08. The first kappa shape index (κ1) is 13.2. The minimum absolute atomic E-state index is 0.439. The second-order valence-corrected chi connectivity index (χ2v) is 4.06. The van der Waals surface area contributed by atoms with Gasteiger partial charge >= 0.3 is 0 Å². The summed E-state index contributed by atoms with van der Waals surface area (Å²) in [6.45, 7) is 1.98. The van der Waals surface area contributed by atoms with E-state index in [1.807, 2.05) is 51.1 Å². The van der Waals surface area contributed by atoms with Gasteiger partial charge in [-0.05, 0) is 0 Å². The molecule has 0 bridgehead atoms. The van der Waals surface area contributed by atoms with Crippen LogP contribution in [0.3, 0.4) is 0 Å². The van der Waals surface area contributed by atoms with Crippen LogP contribution in [0.15, 0.2) is 15.7 Å². The van der Waals surface area contributed by atoms with E-state index in [1.165, 1.54) is 0 Å². The van der Waals surface area contributed by atoms with Crippen molar-refractivity contribution in [2.75, 3.05) is 28.2 Å². The lowest BCUT2D eigenvalue weighted by Crippen LogP contribution is -2.08. The van der Waals surface area contributed by atoms with Gasteiger partial charge < -0.3 is 14.3 Å². The van der Waals surface area contributed by atoms with Gasteiger partial charge in [0, 0.05) is 40.8 Å². The SMILES string of the molecule is CCc1noc(C(=CN(C)C)N=CN(C)C)n1. The van der Waals surface area contributed by atoms with Gasteiger partial charge in [0.2, 0.25) is 0 Å². The number of aryl methyl sites for hydroxylation is 1. The Morgan fingerprint density at radius 2 is 2.00 bits per heavy atom. The molecule has 1 aromatic heterocycles. The standard InChI is InChI=1S/C11H19N5O/c1-6-10-13-11(17-14-10)9(7-15(2)3)12-8-16(4)5/h7-8H,6H2,1-5H3. The smallest absolute Gasteiger partial charge is 0.278 e. The van der Waals surface area contributed by atoms with Crippen LogP contribution in [-0.4, -0.2) is 54.5 Å². The van der Waals surface area contributed by atoms with Crippen LogP contribution in [0, 0.1) is 0 Å². The topological polar surface area (TPSA) is 57.8 Å². The van der Waals surface area contributed by atoms with Gasteiger partial charge in [-0.15, -0.1) is 0 Å². The van der Waals surface area contributed by atoms with E-state index in [-0.39, 0.29) is 0 Å². The van der Waals surface area contributed by atoms with E-state index >= 15 is 0 Å². The normalized spacial score (nSPS) is 12.2. The number of aliphatic imine (C=N–C) groups is 1. The quantitative estimate of drug-likeness (QED) is 0.566. The molecule has 0 aromatic carbocycles. The van der Waals surface area contributed by atoms with Crippen LogP contribution in [0.2, 0.25) is 0 Å². The summed E-state index contributed by atoms with van der Waals surface area (Å²) in [6.07, 6.45) is 4.29. The molecule has 0 unspecified atom stereocenters. The Kier molecular flexibility index (Phi) is 4.68. The van der Waals surface area contributed by atoms with Crippen LogP contribution in [0.25, 0.3) is 5.70 Å². The molecule has 6 heteroatoms. The summed E-state index contributed by atoms with van der Waals surface area (Å²) in [6, 6.07) is 0. The number of hydrogen-bond acceptors (Lipinski definition) is 5. The van der Waals surface area contributed by atoms with Crippen molar-refractivity contribution in [3.8, 4) is 0 Å². The highest BCUT2D eigenvalue weighted by Crippen LogP contribution is 2.13. The third-order valence-corrected chi connectivity index (χ3v) is 1.81. The minimum Gasteiger partial charge on any atom is -0.382 e. The number of nitrogens with zero attached hydrogens (tertiary/aromatic N) is 5. The highest BCUT2D eigenvalue weighted by molar-refractivity contribution is 5.68. The van der Waals surface area contributed by atoms with Gasteiger partial charge in [0.15, 0.2) is 5.82 Å². The zero-order valence-corrected chi connectivity index (χ0v) is 11.0. The molecule has 0 spiro atoms. The maximum atomic E-state index is 5.16. The van der Waals surface area contributed by atoms with Crippen molar-refractivity contribution < 1.29 is 4.52 Å². The van der Waals surface area contributed by atoms with Crippen molar-refractivity contribution >= 4 is 12.0 Å². The predicted molar refractivity (Wildman–Crippen MR) is 67.5 cm³/mol. The van der Waals surface area contributed by atoms with Crippen LogP contribution in [0.5, 0.6) is 0 Å². The molecule has 1 heterocycles. The van der Waals surface area contributed by atoms with Crippen molar-refractivity contribution in [1.82, 2.24) is 19.9 Å². The molecule has 0 aliphatic rings. The van der Waals surface area contributed by atoms with Crippen molar-refractivity contribution in [2.45, 2.75) is 13.3 Å². The summed E-state index contributed by atoms with van der Waals surface area (Å²) in [5.41, 5.74) is 0.649. The maximum absolute atomic E-state index is 5.16. The number of rotatable bonds is 5. The lowest BCUT2D eigenvalue weighted by Gasteiger charge is -2.07.